The quantitative estimate of drug-likeness (QED) is 0.373. The number of likely N-dealkylation sites (N-methyl/N-ethyl adjacent to an activating group) is 1. The van der Waals surface area contributed by atoms with Gasteiger partial charge in [-0.2, -0.15) is 0 Å². The Morgan fingerprint density at radius 2 is 1.85 bits per heavy atom. The van der Waals surface area contributed by atoms with Crippen molar-refractivity contribution < 1.29 is 23.2 Å². The number of nitrogens with zero attached hydrogens (tertiary/aromatic N) is 1. The van der Waals surface area contributed by atoms with Gasteiger partial charge in [-0.05, 0) is 124 Å². The van der Waals surface area contributed by atoms with Gasteiger partial charge in [-0.1, -0.05) is 31.0 Å². The highest BCUT2D eigenvalue weighted by atomic mass is 35.5. The summed E-state index contributed by atoms with van der Waals surface area (Å²) in [4.78, 5) is 16.2. The molecule has 1 unspecified atom stereocenters. The highest BCUT2D eigenvalue weighted by Gasteiger charge is 2.46. The molecular formula is C38H52ClN3O5S. The molecule has 10 heteroatoms. The molecule has 2 N–H and O–H groups in total. The van der Waals surface area contributed by atoms with Crippen LogP contribution in [0.1, 0.15) is 80.3 Å². The van der Waals surface area contributed by atoms with E-state index in [4.69, 9.17) is 25.8 Å². The number of anilines is 1. The van der Waals surface area contributed by atoms with Gasteiger partial charge in [0.05, 0.1) is 41.3 Å². The molecule has 1 spiro atoms. The summed E-state index contributed by atoms with van der Waals surface area (Å²) in [6.45, 7) is 7.59. The molecule has 7 rings (SSSR count). The zero-order valence-corrected chi connectivity index (χ0v) is 30.3. The number of nitrogens with one attached hydrogen (secondary N) is 2. The standard InChI is InChI=1S/C38H52ClN3O5S/c1-24-7-5-9-32(37-45-20-30(40-3)21-46-37)31-13-10-28(31)19-42-22-38(16-6-8-26-17-29(39)12-14-33(26)38)23-47-35-15-11-27(18-34(35)42)36(43)41-48(4,44)25(24)2/h11-12,14-15,17-18,24-25,28,30-32,37,40H,4-10,13,16,19-23H2,1-3H3,(H,41,43,44)/t24-,25+,28-,30?,31+,32-,37?,38-,48?/m0/s1. The minimum absolute atomic E-state index is 0.128. The predicted molar refractivity (Wildman–Crippen MR) is 194 cm³/mol. The summed E-state index contributed by atoms with van der Waals surface area (Å²) in [5.41, 5.74) is 3.82. The number of carbonyl (C=O) groups excluding carboxylic acids is 1. The number of amides is 1. The summed E-state index contributed by atoms with van der Waals surface area (Å²) in [6.07, 6.45) is 8.04. The number of aryl methyl sites for hydroxylation is 1. The first-order chi connectivity index (χ1) is 23.1. The molecule has 1 amide bonds. The number of rotatable bonds is 2. The smallest absolute Gasteiger partial charge is 0.262 e. The molecule has 0 radical (unpaired) electrons. The first kappa shape index (κ1) is 34.2. The maximum atomic E-state index is 13.9. The average molecular weight is 698 g/mol. The van der Waals surface area contributed by atoms with E-state index in [9.17, 15) is 9.00 Å². The summed E-state index contributed by atoms with van der Waals surface area (Å²) in [5, 5.41) is 3.79. The number of carbonyl (C=O) groups is 1. The van der Waals surface area contributed by atoms with Crippen LogP contribution in [0.5, 0.6) is 5.75 Å². The van der Waals surface area contributed by atoms with Gasteiger partial charge in [0.1, 0.15) is 5.75 Å². The summed E-state index contributed by atoms with van der Waals surface area (Å²) in [6, 6.07) is 12.2. The van der Waals surface area contributed by atoms with Crippen molar-refractivity contribution in [3.8, 4) is 5.75 Å². The Hall–Kier alpha value is -2.30. The van der Waals surface area contributed by atoms with Crippen molar-refractivity contribution in [2.75, 3.05) is 44.9 Å². The first-order valence-corrected chi connectivity index (χ1v) is 20.1. The molecule has 262 valence electrons. The van der Waals surface area contributed by atoms with E-state index in [-0.39, 0.29) is 40.7 Å². The van der Waals surface area contributed by atoms with Gasteiger partial charge < -0.3 is 24.4 Å². The van der Waals surface area contributed by atoms with Gasteiger partial charge in [0.25, 0.3) is 5.91 Å². The van der Waals surface area contributed by atoms with Gasteiger partial charge in [0.2, 0.25) is 0 Å². The van der Waals surface area contributed by atoms with Crippen LogP contribution in [-0.2, 0) is 31.0 Å². The molecule has 3 aliphatic heterocycles. The summed E-state index contributed by atoms with van der Waals surface area (Å²) >= 11 is 6.48. The second kappa shape index (κ2) is 13.8. The molecule has 48 heavy (non-hydrogen) atoms. The molecular weight excluding hydrogens is 646 g/mol. The summed E-state index contributed by atoms with van der Waals surface area (Å²) in [5.74, 6) is 5.82. The van der Waals surface area contributed by atoms with Gasteiger partial charge in [-0.25, -0.2) is 4.21 Å². The maximum Gasteiger partial charge on any atom is 0.262 e. The zero-order chi connectivity index (χ0) is 33.6. The molecule has 0 aromatic heterocycles. The Bertz CT molecular complexity index is 1610. The lowest BCUT2D eigenvalue weighted by atomic mass is 9.64. The topological polar surface area (TPSA) is 89.1 Å². The van der Waals surface area contributed by atoms with Crippen molar-refractivity contribution in [3.63, 3.8) is 0 Å². The van der Waals surface area contributed by atoms with Gasteiger partial charge in [0.15, 0.2) is 6.29 Å². The van der Waals surface area contributed by atoms with Gasteiger partial charge in [0, 0.05) is 40.3 Å². The third-order valence-corrected chi connectivity index (χ3v) is 14.8. The van der Waals surface area contributed by atoms with Gasteiger partial charge in [-0.3, -0.25) is 9.52 Å². The zero-order valence-electron chi connectivity index (χ0n) is 28.7. The van der Waals surface area contributed by atoms with Gasteiger partial charge >= 0.3 is 0 Å². The fraction of sp³-hybridized carbons (Fsp3) is 0.632. The van der Waals surface area contributed by atoms with E-state index >= 15 is 0 Å². The summed E-state index contributed by atoms with van der Waals surface area (Å²) < 4.78 is 36.3. The predicted octanol–water partition coefficient (Wildman–Crippen LogP) is 5.99. The molecule has 7 atom stereocenters. The third-order valence-electron chi connectivity index (χ3n) is 12.3. The van der Waals surface area contributed by atoms with Crippen molar-refractivity contribution in [2.45, 2.75) is 88.2 Å². The van der Waals surface area contributed by atoms with Crippen LogP contribution in [0.15, 0.2) is 36.4 Å². The van der Waals surface area contributed by atoms with E-state index in [1.165, 1.54) is 11.1 Å². The molecule has 2 fully saturated rings. The fourth-order valence-corrected chi connectivity index (χ4v) is 10.7. The normalized spacial score (nSPS) is 37.3. The molecule has 1 saturated carbocycles. The lowest BCUT2D eigenvalue weighted by Crippen LogP contribution is -2.52. The molecule has 5 aliphatic rings. The van der Waals surface area contributed by atoms with E-state index in [1.54, 1.807) is 6.07 Å². The van der Waals surface area contributed by atoms with Crippen LogP contribution >= 0.6 is 11.6 Å². The highest BCUT2D eigenvalue weighted by Crippen LogP contribution is 2.49. The monoisotopic (exact) mass is 697 g/mol. The number of ether oxygens (including phenoxy) is 3. The van der Waals surface area contributed by atoms with E-state index in [0.717, 1.165) is 80.9 Å². The minimum atomic E-state index is -2.90. The van der Waals surface area contributed by atoms with Crippen LogP contribution in [-0.4, -0.2) is 73.5 Å². The molecule has 3 heterocycles. The van der Waals surface area contributed by atoms with Crippen molar-refractivity contribution in [3.05, 3.63) is 58.1 Å². The van der Waals surface area contributed by atoms with E-state index in [1.807, 2.05) is 32.2 Å². The highest BCUT2D eigenvalue weighted by molar-refractivity contribution is 7.99. The largest absolute Gasteiger partial charge is 0.490 e. The average Bonchev–Trinajstić information content (AvgIpc) is 3.21. The number of hydrogen-bond donors (Lipinski definition) is 2. The second-order valence-corrected chi connectivity index (χ2v) is 18.1. The van der Waals surface area contributed by atoms with Crippen molar-refractivity contribution in [1.29, 1.82) is 0 Å². The first-order valence-electron chi connectivity index (χ1n) is 18.0. The van der Waals surface area contributed by atoms with Gasteiger partial charge in [-0.15, -0.1) is 0 Å². The van der Waals surface area contributed by atoms with E-state index < -0.39 is 9.71 Å². The van der Waals surface area contributed by atoms with Crippen LogP contribution in [0.4, 0.5) is 5.69 Å². The lowest BCUT2D eigenvalue weighted by Gasteiger charge is -2.49. The van der Waals surface area contributed by atoms with Crippen LogP contribution in [0.2, 0.25) is 5.02 Å². The van der Waals surface area contributed by atoms with E-state index in [2.05, 4.69) is 39.9 Å². The van der Waals surface area contributed by atoms with Crippen molar-refractivity contribution >= 4 is 38.8 Å². The fourth-order valence-electron chi connectivity index (χ4n) is 9.00. The SMILES string of the molecule is C=S1(=O)NC(=O)c2ccc3c(c2)N(C[C@@H]2CC[C@H]2[C@@H](C2OCC(NC)CO2)CCC[C@H](C)[C@H]1C)C[C@@]1(CCCc2cc(Cl)ccc21)CO3. The van der Waals surface area contributed by atoms with Crippen molar-refractivity contribution in [1.82, 2.24) is 10.0 Å². The Labute approximate surface area is 291 Å². The number of hydrogen-bond acceptors (Lipinski definition) is 7. The van der Waals surface area contributed by atoms with Crippen LogP contribution in [0.25, 0.3) is 0 Å². The Morgan fingerprint density at radius 3 is 2.60 bits per heavy atom. The Morgan fingerprint density at radius 1 is 1.04 bits per heavy atom. The second-order valence-electron chi connectivity index (χ2n) is 15.2. The van der Waals surface area contributed by atoms with Crippen LogP contribution in [0.3, 0.4) is 0 Å². The Kier molecular flexibility index (Phi) is 9.81. The van der Waals surface area contributed by atoms with E-state index in [0.29, 0.717) is 37.2 Å². The van der Waals surface area contributed by atoms with Crippen LogP contribution < -0.4 is 19.7 Å². The Balaban J connectivity index is 1.27. The number of benzene rings is 2. The lowest BCUT2D eigenvalue weighted by molar-refractivity contribution is -0.231. The van der Waals surface area contributed by atoms with Crippen molar-refractivity contribution in [2.24, 2.45) is 23.7 Å². The molecule has 1 saturated heterocycles. The molecule has 2 aliphatic carbocycles. The molecule has 2 aromatic carbocycles. The number of halogens is 1. The molecule has 2 aromatic rings. The summed E-state index contributed by atoms with van der Waals surface area (Å²) in [7, 11) is -0.944. The number of fused-ring (bicyclic) bond motifs is 4. The van der Waals surface area contributed by atoms with Crippen LogP contribution in [0, 0.1) is 23.7 Å². The maximum absolute atomic E-state index is 13.9. The molecule has 8 nitrogen and oxygen atoms in total. The third kappa shape index (κ3) is 6.62. The minimum Gasteiger partial charge on any atom is -0.490 e. The molecule has 2 bridgehead atoms.